The average molecular weight is 190 g/mol. The number of carbonyl (C=O) groups is 1. The van der Waals surface area contributed by atoms with E-state index in [4.69, 9.17) is 10.5 Å². The van der Waals surface area contributed by atoms with Crippen LogP contribution in [-0.2, 0) is 14.3 Å². The molecule has 13 heavy (non-hydrogen) atoms. The van der Waals surface area contributed by atoms with Crippen molar-refractivity contribution in [3.8, 4) is 0 Å². The number of rotatable bonds is 7. The van der Waals surface area contributed by atoms with Crippen LogP contribution in [0, 0.1) is 0 Å². The molecule has 0 fully saturated rings. The van der Waals surface area contributed by atoms with Gasteiger partial charge in [-0.05, 0) is 13.0 Å². The highest BCUT2D eigenvalue weighted by atomic mass is 16.5. The minimum Gasteiger partial charge on any atom is -0.468 e. The lowest BCUT2D eigenvalue weighted by Gasteiger charge is -2.09. The number of esters is 1. The van der Waals surface area contributed by atoms with Gasteiger partial charge in [0.05, 0.1) is 13.7 Å². The molecule has 3 N–H and O–H groups in total. The highest BCUT2D eigenvalue weighted by Crippen LogP contribution is 1.88. The molecule has 0 rings (SSSR count). The van der Waals surface area contributed by atoms with Crippen molar-refractivity contribution in [3.63, 3.8) is 0 Å². The van der Waals surface area contributed by atoms with Crippen molar-refractivity contribution >= 4 is 5.97 Å². The molecule has 0 aliphatic rings. The van der Waals surface area contributed by atoms with E-state index in [0.29, 0.717) is 19.6 Å². The Labute approximate surface area is 78.6 Å². The zero-order chi connectivity index (χ0) is 10.1. The fraction of sp³-hybridized carbons (Fsp3) is 0.875. The maximum atomic E-state index is 10.8. The first-order chi connectivity index (χ1) is 6.22. The molecule has 0 bridgehead atoms. The summed E-state index contributed by atoms with van der Waals surface area (Å²) in [7, 11) is 2.97. The smallest absolute Gasteiger partial charge is 0.322 e. The molecule has 0 radical (unpaired) electrons. The first-order valence-corrected chi connectivity index (χ1v) is 4.25. The maximum absolute atomic E-state index is 10.8. The third kappa shape index (κ3) is 6.51. The molecule has 0 saturated heterocycles. The SMILES string of the molecule is COCCNCCC(N)C(=O)OC. The highest BCUT2D eigenvalue weighted by Gasteiger charge is 2.11. The molecule has 0 aromatic carbocycles. The number of nitrogens with two attached hydrogens (primary N) is 1. The van der Waals surface area contributed by atoms with Gasteiger partial charge in [-0.3, -0.25) is 4.79 Å². The summed E-state index contributed by atoms with van der Waals surface area (Å²) < 4.78 is 9.31. The minimum atomic E-state index is -0.528. The van der Waals surface area contributed by atoms with Crippen LogP contribution < -0.4 is 11.1 Å². The van der Waals surface area contributed by atoms with Crippen LogP contribution in [0.25, 0.3) is 0 Å². The van der Waals surface area contributed by atoms with E-state index in [1.807, 2.05) is 0 Å². The first kappa shape index (κ1) is 12.3. The number of hydrogen-bond donors (Lipinski definition) is 2. The van der Waals surface area contributed by atoms with Crippen molar-refractivity contribution < 1.29 is 14.3 Å². The van der Waals surface area contributed by atoms with E-state index in [9.17, 15) is 4.79 Å². The second kappa shape index (κ2) is 7.97. The molecule has 1 atom stereocenters. The largest absolute Gasteiger partial charge is 0.468 e. The van der Waals surface area contributed by atoms with Gasteiger partial charge in [-0.25, -0.2) is 0 Å². The van der Waals surface area contributed by atoms with Gasteiger partial charge in [-0.2, -0.15) is 0 Å². The van der Waals surface area contributed by atoms with Gasteiger partial charge in [0.1, 0.15) is 6.04 Å². The Kier molecular flexibility index (Phi) is 7.57. The summed E-state index contributed by atoms with van der Waals surface area (Å²) in [4.78, 5) is 10.8. The molecule has 0 aromatic heterocycles. The van der Waals surface area contributed by atoms with Gasteiger partial charge in [0.2, 0.25) is 0 Å². The molecule has 5 heteroatoms. The van der Waals surface area contributed by atoms with Crippen LogP contribution >= 0.6 is 0 Å². The van der Waals surface area contributed by atoms with Crippen molar-refractivity contribution in [1.29, 1.82) is 0 Å². The summed E-state index contributed by atoms with van der Waals surface area (Å²) >= 11 is 0. The zero-order valence-electron chi connectivity index (χ0n) is 8.21. The zero-order valence-corrected chi connectivity index (χ0v) is 8.21. The molecular formula is C8H18N2O3. The van der Waals surface area contributed by atoms with E-state index in [-0.39, 0.29) is 5.97 Å². The monoisotopic (exact) mass is 190 g/mol. The Morgan fingerprint density at radius 3 is 2.69 bits per heavy atom. The van der Waals surface area contributed by atoms with Gasteiger partial charge in [0.15, 0.2) is 0 Å². The maximum Gasteiger partial charge on any atom is 0.322 e. The summed E-state index contributed by atoms with van der Waals surface area (Å²) in [5, 5.41) is 3.08. The van der Waals surface area contributed by atoms with Crippen LogP contribution in [0.1, 0.15) is 6.42 Å². The molecule has 0 aliphatic carbocycles. The van der Waals surface area contributed by atoms with Crippen LogP contribution in [0.2, 0.25) is 0 Å². The topological polar surface area (TPSA) is 73.6 Å². The average Bonchev–Trinajstić information content (AvgIpc) is 2.16. The fourth-order valence-corrected chi connectivity index (χ4v) is 0.826. The van der Waals surface area contributed by atoms with E-state index in [1.54, 1.807) is 7.11 Å². The van der Waals surface area contributed by atoms with Crippen molar-refractivity contribution in [3.05, 3.63) is 0 Å². The lowest BCUT2D eigenvalue weighted by Crippen LogP contribution is -2.35. The Morgan fingerprint density at radius 1 is 1.46 bits per heavy atom. The van der Waals surface area contributed by atoms with Crippen LogP contribution in [0.15, 0.2) is 0 Å². The van der Waals surface area contributed by atoms with E-state index in [2.05, 4.69) is 10.1 Å². The lowest BCUT2D eigenvalue weighted by atomic mass is 10.2. The van der Waals surface area contributed by atoms with Gasteiger partial charge in [-0.1, -0.05) is 0 Å². The highest BCUT2D eigenvalue weighted by molar-refractivity contribution is 5.75. The third-order valence-corrected chi connectivity index (χ3v) is 1.62. The minimum absolute atomic E-state index is 0.367. The van der Waals surface area contributed by atoms with Gasteiger partial charge < -0.3 is 20.5 Å². The Morgan fingerprint density at radius 2 is 2.15 bits per heavy atom. The van der Waals surface area contributed by atoms with Gasteiger partial charge in [0.25, 0.3) is 0 Å². The molecule has 0 aromatic rings. The van der Waals surface area contributed by atoms with Gasteiger partial charge in [0, 0.05) is 13.7 Å². The van der Waals surface area contributed by atoms with E-state index in [0.717, 1.165) is 6.54 Å². The predicted octanol–water partition coefficient (Wildman–Crippen LogP) is -0.887. The molecule has 78 valence electrons. The Hall–Kier alpha value is -0.650. The van der Waals surface area contributed by atoms with Crippen molar-refractivity contribution in [2.75, 3.05) is 33.9 Å². The first-order valence-electron chi connectivity index (χ1n) is 4.25. The lowest BCUT2D eigenvalue weighted by molar-refractivity contribution is -0.142. The molecular weight excluding hydrogens is 172 g/mol. The molecule has 5 nitrogen and oxygen atoms in total. The molecule has 0 heterocycles. The predicted molar refractivity (Wildman–Crippen MR) is 49.4 cm³/mol. The standard InChI is InChI=1S/C8H18N2O3/c1-12-6-5-10-4-3-7(9)8(11)13-2/h7,10H,3-6,9H2,1-2H3. The molecule has 1 unspecified atom stereocenters. The Balaban J connectivity index is 3.26. The molecule has 0 saturated carbocycles. The number of carbonyl (C=O) groups excluding carboxylic acids is 1. The summed E-state index contributed by atoms with van der Waals surface area (Å²) in [6.07, 6.45) is 0.580. The van der Waals surface area contributed by atoms with Crippen LogP contribution in [0.3, 0.4) is 0 Å². The normalized spacial score (nSPS) is 12.5. The van der Waals surface area contributed by atoms with Crippen LogP contribution in [-0.4, -0.2) is 45.9 Å². The summed E-state index contributed by atoms with van der Waals surface area (Å²) in [5.41, 5.74) is 5.50. The molecule has 0 spiro atoms. The Bertz CT molecular complexity index is 141. The molecule has 0 aliphatic heterocycles. The number of ether oxygens (including phenoxy) is 2. The number of methoxy groups -OCH3 is 2. The van der Waals surface area contributed by atoms with Crippen LogP contribution in [0.5, 0.6) is 0 Å². The van der Waals surface area contributed by atoms with Crippen molar-refractivity contribution in [1.82, 2.24) is 5.32 Å². The van der Waals surface area contributed by atoms with E-state index >= 15 is 0 Å². The van der Waals surface area contributed by atoms with Crippen molar-refractivity contribution in [2.24, 2.45) is 5.73 Å². The summed E-state index contributed by atoms with van der Waals surface area (Å²) in [6, 6.07) is -0.528. The number of nitrogens with one attached hydrogen (secondary N) is 1. The van der Waals surface area contributed by atoms with Gasteiger partial charge >= 0.3 is 5.97 Å². The fourth-order valence-electron chi connectivity index (χ4n) is 0.826. The van der Waals surface area contributed by atoms with E-state index in [1.165, 1.54) is 7.11 Å². The van der Waals surface area contributed by atoms with Crippen LogP contribution in [0.4, 0.5) is 0 Å². The number of hydrogen-bond acceptors (Lipinski definition) is 5. The third-order valence-electron chi connectivity index (χ3n) is 1.62. The van der Waals surface area contributed by atoms with Gasteiger partial charge in [-0.15, -0.1) is 0 Å². The van der Waals surface area contributed by atoms with E-state index < -0.39 is 6.04 Å². The second-order valence-electron chi connectivity index (χ2n) is 2.66. The molecule has 0 amide bonds. The quantitative estimate of drug-likeness (QED) is 0.402. The van der Waals surface area contributed by atoms with Crippen molar-refractivity contribution in [2.45, 2.75) is 12.5 Å². The summed E-state index contributed by atoms with van der Waals surface area (Å²) in [5.74, 6) is -0.367. The second-order valence-corrected chi connectivity index (χ2v) is 2.66. The summed E-state index contributed by atoms with van der Waals surface area (Å²) in [6.45, 7) is 2.12.